The van der Waals surface area contributed by atoms with Gasteiger partial charge in [0.1, 0.15) is 0 Å². The van der Waals surface area contributed by atoms with Gasteiger partial charge >= 0.3 is 0 Å². The van der Waals surface area contributed by atoms with Gasteiger partial charge in [0, 0.05) is 19.6 Å². The van der Waals surface area contributed by atoms with Crippen LogP contribution in [0.2, 0.25) is 0 Å². The first-order chi connectivity index (χ1) is 9.45. The van der Waals surface area contributed by atoms with E-state index in [-0.39, 0.29) is 0 Å². The minimum Gasteiger partial charge on any atom is -0.388 e. The van der Waals surface area contributed by atoms with Crippen LogP contribution in [0.1, 0.15) is 38.4 Å². The van der Waals surface area contributed by atoms with Gasteiger partial charge in [-0.2, -0.15) is 0 Å². The Hall–Kier alpha value is -1.00. The van der Waals surface area contributed by atoms with E-state index in [4.69, 9.17) is 0 Å². The summed E-state index contributed by atoms with van der Waals surface area (Å²) in [6.07, 6.45) is 1.06. The molecule has 0 amide bonds. The van der Waals surface area contributed by atoms with Crippen LogP contribution in [0.15, 0.2) is 18.2 Å². The van der Waals surface area contributed by atoms with E-state index in [0.29, 0.717) is 23.8 Å². The molecule has 1 aliphatic rings. The number of benzene rings is 1. The van der Waals surface area contributed by atoms with Gasteiger partial charge in [0.05, 0.1) is 6.10 Å². The van der Waals surface area contributed by atoms with E-state index in [0.717, 1.165) is 31.8 Å². The highest BCUT2D eigenvalue weighted by Gasteiger charge is 2.22. The average molecular weight is 283 g/mol. The number of nitrogens with zero attached hydrogens (tertiary/aromatic N) is 1. The first kappa shape index (κ1) is 15.4. The molecule has 1 saturated heterocycles. The summed E-state index contributed by atoms with van der Waals surface area (Å²) in [7, 11) is 0. The SMILES string of the molecule is CC1CC(C)CN(CCC(O)c2ccc(F)c(F)c2)C1. The Balaban J connectivity index is 1.88. The van der Waals surface area contributed by atoms with E-state index < -0.39 is 17.7 Å². The molecule has 1 heterocycles. The van der Waals surface area contributed by atoms with Gasteiger partial charge in [0.25, 0.3) is 0 Å². The number of halogens is 2. The molecule has 2 rings (SSSR count). The number of aliphatic hydroxyl groups is 1. The molecule has 3 atom stereocenters. The lowest BCUT2D eigenvalue weighted by atomic mass is 9.91. The zero-order chi connectivity index (χ0) is 14.7. The summed E-state index contributed by atoms with van der Waals surface area (Å²) in [5, 5.41) is 10.1. The van der Waals surface area contributed by atoms with Crippen LogP contribution >= 0.6 is 0 Å². The van der Waals surface area contributed by atoms with Crippen molar-refractivity contribution in [2.45, 2.75) is 32.8 Å². The van der Waals surface area contributed by atoms with Crippen LogP contribution in [0.3, 0.4) is 0 Å². The third kappa shape index (κ3) is 4.00. The summed E-state index contributed by atoms with van der Waals surface area (Å²) in [5.74, 6) is -0.417. The molecule has 0 saturated carbocycles. The first-order valence-corrected chi connectivity index (χ1v) is 7.31. The van der Waals surface area contributed by atoms with Crippen molar-refractivity contribution in [3.8, 4) is 0 Å². The number of rotatable bonds is 4. The number of hydrogen-bond acceptors (Lipinski definition) is 2. The third-order valence-electron chi connectivity index (χ3n) is 3.99. The monoisotopic (exact) mass is 283 g/mol. The highest BCUT2D eigenvalue weighted by molar-refractivity contribution is 5.20. The molecule has 0 spiro atoms. The summed E-state index contributed by atoms with van der Waals surface area (Å²) in [6.45, 7) is 7.38. The van der Waals surface area contributed by atoms with E-state index in [2.05, 4.69) is 18.7 Å². The maximum Gasteiger partial charge on any atom is 0.159 e. The van der Waals surface area contributed by atoms with Crippen molar-refractivity contribution in [3.63, 3.8) is 0 Å². The maximum absolute atomic E-state index is 13.1. The van der Waals surface area contributed by atoms with Crippen LogP contribution in [-0.2, 0) is 0 Å². The fourth-order valence-electron chi connectivity index (χ4n) is 3.17. The predicted molar refractivity (Wildman–Crippen MR) is 75.3 cm³/mol. The van der Waals surface area contributed by atoms with Gasteiger partial charge < -0.3 is 10.0 Å². The first-order valence-electron chi connectivity index (χ1n) is 7.31. The molecule has 1 fully saturated rings. The molecule has 0 aromatic heterocycles. The Labute approximate surface area is 119 Å². The number of hydrogen-bond donors (Lipinski definition) is 1. The Morgan fingerprint density at radius 1 is 1.20 bits per heavy atom. The number of aliphatic hydroxyl groups excluding tert-OH is 1. The zero-order valence-electron chi connectivity index (χ0n) is 12.1. The van der Waals surface area contributed by atoms with E-state index in [1.807, 2.05) is 0 Å². The molecule has 1 aliphatic heterocycles. The normalized spacial score (nSPS) is 25.6. The summed E-state index contributed by atoms with van der Waals surface area (Å²) < 4.78 is 26.0. The zero-order valence-corrected chi connectivity index (χ0v) is 12.1. The van der Waals surface area contributed by atoms with Crippen molar-refractivity contribution < 1.29 is 13.9 Å². The average Bonchev–Trinajstić information content (AvgIpc) is 2.38. The molecule has 20 heavy (non-hydrogen) atoms. The third-order valence-corrected chi connectivity index (χ3v) is 3.99. The smallest absolute Gasteiger partial charge is 0.159 e. The van der Waals surface area contributed by atoms with E-state index in [1.165, 1.54) is 12.5 Å². The Morgan fingerprint density at radius 3 is 2.45 bits per heavy atom. The second kappa shape index (κ2) is 6.64. The molecule has 0 radical (unpaired) electrons. The predicted octanol–water partition coefficient (Wildman–Crippen LogP) is 3.37. The number of piperidine rings is 1. The van der Waals surface area contributed by atoms with Gasteiger partial charge in [0.15, 0.2) is 11.6 Å². The molecule has 3 unspecified atom stereocenters. The largest absolute Gasteiger partial charge is 0.388 e. The lowest BCUT2D eigenvalue weighted by Gasteiger charge is -2.35. The fraction of sp³-hybridized carbons (Fsp3) is 0.625. The van der Waals surface area contributed by atoms with Crippen molar-refractivity contribution >= 4 is 0 Å². The van der Waals surface area contributed by atoms with E-state index >= 15 is 0 Å². The fourth-order valence-corrected chi connectivity index (χ4v) is 3.17. The van der Waals surface area contributed by atoms with Crippen LogP contribution in [0.25, 0.3) is 0 Å². The van der Waals surface area contributed by atoms with Gasteiger partial charge in [-0.3, -0.25) is 0 Å². The summed E-state index contributed by atoms with van der Waals surface area (Å²) in [4.78, 5) is 2.35. The molecule has 1 aromatic rings. The molecule has 0 aliphatic carbocycles. The quantitative estimate of drug-likeness (QED) is 0.916. The minimum atomic E-state index is -0.901. The molecule has 0 bridgehead atoms. The highest BCUT2D eigenvalue weighted by Crippen LogP contribution is 2.24. The summed E-state index contributed by atoms with van der Waals surface area (Å²) in [5.41, 5.74) is 0.446. The Bertz CT molecular complexity index is 442. The van der Waals surface area contributed by atoms with E-state index in [9.17, 15) is 13.9 Å². The molecule has 1 N–H and O–H groups in total. The lowest BCUT2D eigenvalue weighted by molar-refractivity contribution is 0.103. The number of likely N-dealkylation sites (tertiary alicyclic amines) is 1. The van der Waals surface area contributed by atoms with Gasteiger partial charge in [-0.15, -0.1) is 0 Å². The van der Waals surface area contributed by atoms with E-state index in [1.54, 1.807) is 0 Å². The topological polar surface area (TPSA) is 23.5 Å². The van der Waals surface area contributed by atoms with Crippen LogP contribution in [0.4, 0.5) is 8.78 Å². The molecular formula is C16H23F2NO. The molecule has 112 valence electrons. The second-order valence-electron chi connectivity index (χ2n) is 6.18. The Kier molecular flexibility index (Phi) is 5.11. The Morgan fingerprint density at radius 2 is 1.85 bits per heavy atom. The van der Waals surface area contributed by atoms with Crippen molar-refractivity contribution in [3.05, 3.63) is 35.4 Å². The summed E-state index contributed by atoms with van der Waals surface area (Å²) in [6, 6.07) is 3.60. The van der Waals surface area contributed by atoms with Crippen molar-refractivity contribution in [2.75, 3.05) is 19.6 Å². The maximum atomic E-state index is 13.1. The molecule has 1 aromatic carbocycles. The van der Waals surface area contributed by atoms with Crippen molar-refractivity contribution in [1.82, 2.24) is 4.90 Å². The van der Waals surface area contributed by atoms with Crippen molar-refractivity contribution in [2.24, 2.45) is 11.8 Å². The highest BCUT2D eigenvalue weighted by atomic mass is 19.2. The standard InChI is InChI=1S/C16H23F2NO/c1-11-7-12(2)10-19(9-11)6-5-16(20)13-3-4-14(17)15(18)8-13/h3-4,8,11-12,16,20H,5-7,9-10H2,1-2H3. The van der Waals surface area contributed by atoms with Gasteiger partial charge in [0.2, 0.25) is 0 Å². The van der Waals surface area contributed by atoms with Gasteiger partial charge in [-0.25, -0.2) is 8.78 Å². The molecule has 2 nitrogen and oxygen atoms in total. The molecule has 4 heteroatoms. The summed E-state index contributed by atoms with van der Waals surface area (Å²) >= 11 is 0. The van der Waals surface area contributed by atoms with Crippen LogP contribution in [-0.4, -0.2) is 29.6 Å². The van der Waals surface area contributed by atoms with Gasteiger partial charge in [-0.1, -0.05) is 19.9 Å². The van der Waals surface area contributed by atoms with Crippen molar-refractivity contribution in [1.29, 1.82) is 0 Å². The molecular weight excluding hydrogens is 260 g/mol. The lowest BCUT2D eigenvalue weighted by Crippen LogP contribution is -2.39. The second-order valence-corrected chi connectivity index (χ2v) is 6.18. The van der Waals surface area contributed by atoms with Crippen LogP contribution in [0.5, 0.6) is 0 Å². The minimum absolute atomic E-state index is 0.446. The van der Waals surface area contributed by atoms with Gasteiger partial charge in [-0.05, 0) is 42.4 Å². The van der Waals surface area contributed by atoms with Crippen LogP contribution in [0, 0.1) is 23.5 Å². The van der Waals surface area contributed by atoms with Crippen LogP contribution < -0.4 is 0 Å².